The fourth-order valence-electron chi connectivity index (χ4n) is 1.05. The molecule has 64 valence electrons. The lowest BCUT2D eigenvalue weighted by Gasteiger charge is -1.96. The van der Waals surface area contributed by atoms with E-state index in [2.05, 4.69) is 6.58 Å². The molecule has 0 spiro atoms. The molecule has 0 unspecified atom stereocenters. The Labute approximate surface area is 75.2 Å². The predicted octanol–water partition coefficient (Wildman–Crippen LogP) is 2.46. The maximum absolute atomic E-state index is 10.6. The summed E-state index contributed by atoms with van der Waals surface area (Å²) in [5, 5.41) is 8.67. The van der Waals surface area contributed by atoms with Crippen molar-refractivity contribution in [1.29, 1.82) is 0 Å². The second-order valence-corrected chi connectivity index (χ2v) is 4.07. The fraction of sp³-hybridized carbons (Fsp3) is 0.222. The molecule has 0 aliphatic heterocycles. The molecule has 0 atom stereocenters. The van der Waals surface area contributed by atoms with Crippen molar-refractivity contribution in [2.45, 2.75) is 13.8 Å². The summed E-state index contributed by atoms with van der Waals surface area (Å²) >= 11 is 1.59. The molecule has 1 rings (SSSR count). The van der Waals surface area contributed by atoms with E-state index in [1.54, 1.807) is 11.3 Å². The summed E-state index contributed by atoms with van der Waals surface area (Å²) < 4.78 is 0. The van der Waals surface area contributed by atoms with Gasteiger partial charge in [0.25, 0.3) is 0 Å². The Morgan fingerprint density at radius 2 is 2.17 bits per heavy atom. The highest BCUT2D eigenvalue weighted by Crippen LogP contribution is 2.25. The molecule has 0 saturated carbocycles. The Kier molecular flexibility index (Phi) is 2.33. The first-order chi connectivity index (χ1) is 5.52. The molecule has 0 aliphatic carbocycles. The minimum absolute atomic E-state index is 0.178. The van der Waals surface area contributed by atoms with Gasteiger partial charge in [0.2, 0.25) is 0 Å². The van der Waals surface area contributed by atoms with Gasteiger partial charge in [-0.3, -0.25) is 0 Å². The van der Waals surface area contributed by atoms with Crippen LogP contribution in [0.3, 0.4) is 0 Å². The van der Waals surface area contributed by atoms with E-state index in [4.69, 9.17) is 5.11 Å². The Hall–Kier alpha value is -1.09. The molecular formula is C9H10O2S. The largest absolute Gasteiger partial charge is 0.478 e. The first-order valence-corrected chi connectivity index (χ1v) is 4.33. The van der Waals surface area contributed by atoms with Gasteiger partial charge in [-0.25, -0.2) is 4.79 Å². The van der Waals surface area contributed by atoms with Gasteiger partial charge in [-0.2, -0.15) is 0 Å². The van der Waals surface area contributed by atoms with Crippen molar-refractivity contribution >= 4 is 22.9 Å². The van der Waals surface area contributed by atoms with Gasteiger partial charge >= 0.3 is 5.97 Å². The molecule has 0 bridgehead atoms. The molecule has 0 fully saturated rings. The molecule has 2 nitrogen and oxygen atoms in total. The quantitative estimate of drug-likeness (QED) is 0.713. The van der Waals surface area contributed by atoms with Gasteiger partial charge in [0.05, 0.1) is 5.57 Å². The van der Waals surface area contributed by atoms with E-state index in [-0.39, 0.29) is 5.57 Å². The van der Waals surface area contributed by atoms with E-state index in [1.165, 1.54) is 0 Å². The number of hydrogen-bond donors (Lipinski definition) is 1. The number of carboxylic acids is 1. The molecule has 1 aromatic heterocycles. The van der Waals surface area contributed by atoms with Gasteiger partial charge in [0, 0.05) is 15.3 Å². The van der Waals surface area contributed by atoms with Crippen LogP contribution >= 0.6 is 11.3 Å². The molecule has 0 aromatic carbocycles. The Morgan fingerprint density at radius 1 is 1.58 bits per heavy atom. The zero-order valence-electron chi connectivity index (χ0n) is 7.05. The maximum Gasteiger partial charge on any atom is 0.335 e. The van der Waals surface area contributed by atoms with E-state index in [0.717, 1.165) is 15.3 Å². The van der Waals surface area contributed by atoms with Crippen LogP contribution in [-0.4, -0.2) is 11.1 Å². The number of carbonyl (C=O) groups is 1. The van der Waals surface area contributed by atoms with Crippen LogP contribution in [0.1, 0.15) is 15.3 Å². The van der Waals surface area contributed by atoms with E-state index in [0.29, 0.717) is 0 Å². The molecule has 0 saturated heterocycles. The molecule has 1 N–H and O–H groups in total. The minimum atomic E-state index is -0.948. The summed E-state index contributed by atoms with van der Waals surface area (Å²) in [5.74, 6) is -0.948. The second kappa shape index (κ2) is 3.11. The van der Waals surface area contributed by atoms with E-state index < -0.39 is 5.97 Å². The van der Waals surface area contributed by atoms with Crippen molar-refractivity contribution < 1.29 is 9.90 Å². The van der Waals surface area contributed by atoms with Crippen molar-refractivity contribution in [2.24, 2.45) is 0 Å². The van der Waals surface area contributed by atoms with Crippen LogP contribution in [0.25, 0.3) is 5.57 Å². The predicted molar refractivity (Wildman–Crippen MR) is 50.5 cm³/mol. The molecule has 0 aliphatic rings. The first kappa shape index (κ1) is 9.00. The second-order valence-electron chi connectivity index (χ2n) is 2.61. The molecule has 1 aromatic rings. The summed E-state index contributed by atoms with van der Waals surface area (Å²) in [7, 11) is 0. The molecular weight excluding hydrogens is 172 g/mol. The molecule has 12 heavy (non-hydrogen) atoms. The van der Waals surface area contributed by atoms with E-state index in [1.807, 2.05) is 19.9 Å². The number of rotatable bonds is 2. The van der Waals surface area contributed by atoms with Crippen LogP contribution < -0.4 is 0 Å². The topological polar surface area (TPSA) is 37.3 Å². The third-order valence-electron chi connectivity index (χ3n) is 1.62. The van der Waals surface area contributed by atoms with Crippen molar-refractivity contribution in [2.75, 3.05) is 0 Å². The lowest BCUT2D eigenvalue weighted by Crippen LogP contribution is -1.97. The van der Waals surface area contributed by atoms with E-state index in [9.17, 15) is 4.79 Å². The van der Waals surface area contributed by atoms with Crippen molar-refractivity contribution in [3.05, 3.63) is 28.0 Å². The fourth-order valence-corrected chi connectivity index (χ4v) is 2.00. The van der Waals surface area contributed by atoms with Gasteiger partial charge in [-0.05, 0) is 19.9 Å². The Morgan fingerprint density at radius 3 is 2.50 bits per heavy atom. The summed E-state index contributed by atoms with van der Waals surface area (Å²) in [5.41, 5.74) is 0.932. The average molecular weight is 182 g/mol. The number of aliphatic carboxylic acids is 1. The lowest BCUT2D eigenvalue weighted by molar-refractivity contribution is -0.130. The van der Waals surface area contributed by atoms with Crippen LogP contribution in [0, 0.1) is 13.8 Å². The van der Waals surface area contributed by atoms with Crippen LogP contribution in [0.5, 0.6) is 0 Å². The normalized spacial score (nSPS) is 9.83. The zero-order valence-corrected chi connectivity index (χ0v) is 7.86. The van der Waals surface area contributed by atoms with Crippen molar-refractivity contribution in [1.82, 2.24) is 0 Å². The van der Waals surface area contributed by atoms with Gasteiger partial charge in [0.15, 0.2) is 0 Å². The summed E-state index contributed by atoms with van der Waals surface area (Å²) in [4.78, 5) is 12.7. The number of carboxylic acid groups (broad SMARTS) is 1. The van der Waals surface area contributed by atoms with Gasteiger partial charge < -0.3 is 5.11 Å². The SMILES string of the molecule is C=C(C(=O)O)c1cc(C)sc1C. The minimum Gasteiger partial charge on any atom is -0.478 e. The smallest absolute Gasteiger partial charge is 0.335 e. The van der Waals surface area contributed by atoms with Crippen LogP contribution in [0.4, 0.5) is 0 Å². The summed E-state index contributed by atoms with van der Waals surface area (Å²) in [6, 6.07) is 1.86. The van der Waals surface area contributed by atoms with Crippen LogP contribution in [0.2, 0.25) is 0 Å². The highest BCUT2D eigenvalue weighted by molar-refractivity contribution is 7.12. The number of aryl methyl sites for hydroxylation is 2. The van der Waals surface area contributed by atoms with Gasteiger partial charge in [-0.15, -0.1) is 11.3 Å². The van der Waals surface area contributed by atoms with Crippen molar-refractivity contribution in [3.63, 3.8) is 0 Å². The third-order valence-corrected chi connectivity index (χ3v) is 2.59. The van der Waals surface area contributed by atoms with E-state index >= 15 is 0 Å². The Bertz CT molecular complexity index is 336. The monoisotopic (exact) mass is 182 g/mol. The maximum atomic E-state index is 10.6. The summed E-state index contributed by atoms with van der Waals surface area (Å²) in [6.45, 7) is 7.36. The van der Waals surface area contributed by atoms with Crippen LogP contribution in [0.15, 0.2) is 12.6 Å². The Balaban J connectivity index is 3.11. The van der Waals surface area contributed by atoms with Gasteiger partial charge in [0.1, 0.15) is 0 Å². The van der Waals surface area contributed by atoms with Gasteiger partial charge in [-0.1, -0.05) is 6.58 Å². The number of hydrogen-bond acceptors (Lipinski definition) is 2. The third kappa shape index (κ3) is 1.56. The van der Waals surface area contributed by atoms with Crippen LogP contribution in [-0.2, 0) is 4.79 Å². The molecule has 0 radical (unpaired) electrons. The summed E-state index contributed by atoms with van der Waals surface area (Å²) in [6.07, 6.45) is 0. The van der Waals surface area contributed by atoms with Crippen molar-refractivity contribution in [3.8, 4) is 0 Å². The molecule has 0 amide bonds. The highest BCUT2D eigenvalue weighted by atomic mass is 32.1. The highest BCUT2D eigenvalue weighted by Gasteiger charge is 2.11. The number of thiophene rings is 1. The molecule has 1 heterocycles. The first-order valence-electron chi connectivity index (χ1n) is 3.52. The average Bonchev–Trinajstić information content (AvgIpc) is 2.28. The zero-order chi connectivity index (χ0) is 9.30. The molecule has 3 heteroatoms. The lowest BCUT2D eigenvalue weighted by atomic mass is 10.1. The standard InChI is InChI=1S/C9H10O2S/c1-5-4-8(7(3)12-5)6(2)9(10)11/h4H,2H2,1,3H3,(H,10,11).